The first-order valence-electron chi connectivity index (χ1n) is 5.90. The molecular formula is C12H17ClN2OS. The van der Waals surface area contributed by atoms with Crippen LogP contribution in [0.2, 0.25) is 5.15 Å². The van der Waals surface area contributed by atoms with E-state index in [4.69, 9.17) is 11.6 Å². The first kappa shape index (κ1) is 13.0. The minimum absolute atomic E-state index is 0.482. The van der Waals surface area contributed by atoms with Crippen LogP contribution in [0, 0.1) is 5.92 Å². The van der Waals surface area contributed by atoms with Gasteiger partial charge in [0.2, 0.25) is 0 Å². The van der Waals surface area contributed by atoms with Crippen LogP contribution < -0.4 is 5.32 Å². The Balaban J connectivity index is 1.82. The lowest BCUT2D eigenvalue weighted by atomic mass is 10.0. The van der Waals surface area contributed by atoms with Gasteiger partial charge in [-0.15, -0.1) is 0 Å². The van der Waals surface area contributed by atoms with Crippen molar-refractivity contribution in [1.29, 1.82) is 0 Å². The molecule has 0 amide bonds. The van der Waals surface area contributed by atoms with Crippen LogP contribution in [0.4, 0.5) is 0 Å². The third kappa shape index (κ3) is 4.37. The molecule has 5 heteroatoms. The number of hydrogen-bond donors (Lipinski definition) is 1. The summed E-state index contributed by atoms with van der Waals surface area (Å²) in [6.45, 7) is 2.11. The second-order valence-electron chi connectivity index (χ2n) is 4.45. The van der Waals surface area contributed by atoms with Crippen LogP contribution in [0.5, 0.6) is 0 Å². The maximum Gasteiger partial charge on any atom is 0.129 e. The number of nitrogens with zero attached hydrogens (tertiary/aromatic N) is 1. The summed E-state index contributed by atoms with van der Waals surface area (Å²) in [5.41, 5.74) is 0.997. The van der Waals surface area contributed by atoms with Gasteiger partial charge in [0.15, 0.2) is 0 Å². The van der Waals surface area contributed by atoms with Gasteiger partial charge in [0.1, 0.15) is 5.15 Å². The molecule has 1 aliphatic heterocycles. The molecular weight excluding hydrogens is 256 g/mol. The highest BCUT2D eigenvalue weighted by Gasteiger charge is 2.16. The van der Waals surface area contributed by atoms with Crippen LogP contribution >= 0.6 is 11.6 Å². The van der Waals surface area contributed by atoms with Crippen molar-refractivity contribution in [1.82, 2.24) is 10.3 Å². The molecule has 94 valence electrons. The lowest BCUT2D eigenvalue weighted by Gasteiger charge is -2.22. The van der Waals surface area contributed by atoms with E-state index in [1.807, 2.05) is 6.07 Å². The van der Waals surface area contributed by atoms with Gasteiger partial charge in [0.05, 0.1) is 5.75 Å². The Labute approximate surface area is 109 Å². The third-order valence-electron chi connectivity index (χ3n) is 2.94. The van der Waals surface area contributed by atoms with Crippen LogP contribution in [0.25, 0.3) is 0 Å². The molecule has 2 rings (SSSR count). The zero-order chi connectivity index (χ0) is 12.1. The lowest BCUT2D eigenvalue weighted by Crippen LogP contribution is -2.32. The number of aromatic nitrogens is 1. The second kappa shape index (κ2) is 6.47. The van der Waals surface area contributed by atoms with E-state index in [0.717, 1.165) is 24.4 Å². The highest BCUT2D eigenvalue weighted by Crippen LogP contribution is 2.14. The fraction of sp³-hybridized carbons (Fsp3) is 0.583. The molecule has 1 aliphatic rings. The van der Waals surface area contributed by atoms with E-state index in [9.17, 15) is 4.21 Å². The Hall–Kier alpha value is -0.450. The predicted molar refractivity (Wildman–Crippen MR) is 71.6 cm³/mol. The first-order valence-corrected chi connectivity index (χ1v) is 7.77. The summed E-state index contributed by atoms with van der Waals surface area (Å²) in [6, 6.07) is 3.64. The maximum atomic E-state index is 12.0. The minimum Gasteiger partial charge on any atom is -0.316 e. The smallest absolute Gasteiger partial charge is 0.129 e. The molecule has 1 fully saturated rings. The predicted octanol–water partition coefficient (Wildman–Crippen LogP) is 1.98. The third-order valence-corrected chi connectivity index (χ3v) is 4.66. The Morgan fingerprint density at radius 3 is 3.06 bits per heavy atom. The normalized spacial score (nSPS) is 22.3. The number of rotatable bonds is 4. The van der Waals surface area contributed by atoms with E-state index in [0.29, 0.717) is 16.8 Å². The molecule has 0 aromatic carbocycles. The van der Waals surface area contributed by atoms with Crippen LogP contribution in [0.15, 0.2) is 18.3 Å². The standard InChI is InChI=1S/C12H17ClN2OS/c13-12-4-3-11(7-15-12)9-17(16)8-10-2-1-5-14-6-10/h3-4,7,10,14H,1-2,5-6,8-9H2/t10-,17-/m1/s1. The molecule has 0 spiro atoms. The summed E-state index contributed by atoms with van der Waals surface area (Å²) < 4.78 is 12.0. The van der Waals surface area contributed by atoms with Gasteiger partial charge in [-0.1, -0.05) is 17.7 Å². The largest absolute Gasteiger partial charge is 0.316 e. The van der Waals surface area contributed by atoms with Gasteiger partial charge in [-0.05, 0) is 43.5 Å². The number of nitrogens with one attached hydrogen (secondary N) is 1. The van der Waals surface area contributed by atoms with E-state index in [1.54, 1.807) is 12.3 Å². The van der Waals surface area contributed by atoms with Crippen LogP contribution in [0.1, 0.15) is 18.4 Å². The molecule has 1 saturated heterocycles. The van der Waals surface area contributed by atoms with E-state index >= 15 is 0 Å². The average molecular weight is 273 g/mol. The molecule has 2 atom stereocenters. The van der Waals surface area contributed by atoms with Crippen LogP contribution in [-0.2, 0) is 16.6 Å². The summed E-state index contributed by atoms with van der Waals surface area (Å²) >= 11 is 5.71. The van der Waals surface area contributed by atoms with Crippen molar-refractivity contribution in [3.63, 3.8) is 0 Å². The fourth-order valence-electron chi connectivity index (χ4n) is 2.07. The summed E-state index contributed by atoms with van der Waals surface area (Å²) in [5.74, 6) is 1.93. The molecule has 17 heavy (non-hydrogen) atoms. The number of pyridine rings is 1. The molecule has 1 N–H and O–H groups in total. The Bertz CT molecular complexity index is 377. The van der Waals surface area contributed by atoms with Gasteiger partial charge in [0, 0.05) is 22.7 Å². The molecule has 0 aliphatic carbocycles. The first-order chi connectivity index (χ1) is 8.24. The second-order valence-corrected chi connectivity index (χ2v) is 6.34. The number of halogens is 1. The quantitative estimate of drug-likeness (QED) is 0.853. The molecule has 1 aromatic heterocycles. The summed E-state index contributed by atoms with van der Waals surface area (Å²) in [5, 5.41) is 3.83. The van der Waals surface area contributed by atoms with Gasteiger partial charge in [-0.3, -0.25) is 4.21 Å². The Morgan fingerprint density at radius 2 is 2.41 bits per heavy atom. The topological polar surface area (TPSA) is 42.0 Å². The van der Waals surface area contributed by atoms with Crippen molar-refractivity contribution >= 4 is 22.4 Å². The van der Waals surface area contributed by atoms with E-state index in [1.165, 1.54) is 12.8 Å². The molecule has 0 bridgehead atoms. The van der Waals surface area contributed by atoms with Crippen molar-refractivity contribution in [3.8, 4) is 0 Å². The fourth-order valence-corrected chi connectivity index (χ4v) is 3.65. The van der Waals surface area contributed by atoms with Crippen LogP contribution in [-0.4, -0.2) is 28.0 Å². The highest BCUT2D eigenvalue weighted by atomic mass is 35.5. The van der Waals surface area contributed by atoms with Crippen LogP contribution in [0.3, 0.4) is 0 Å². The van der Waals surface area contributed by atoms with Gasteiger partial charge in [-0.2, -0.15) is 0 Å². The molecule has 1 aromatic rings. The van der Waals surface area contributed by atoms with E-state index in [2.05, 4.69) is 10.3 Å². The zero-order valence-corrected chi connectivity index (χ0v) is 11.3. The van der Waals surface area contributed by atoms with E-state index < -0.39 is 10.8 Å². The molecule has 0 saturated carbocycles. The van der Waals surface area contributed by atoms with Gasteiger partial charge in [0.25, 0.3) is 0 Å². The maximum absolute atomic E-state index is 12.0. The highest BCUT2D eigenvalue weighted by molar-refractivity contribution is 7.84. The summed E-state index contributed by atoms with van der Waals surface area (Å²) in [4.78, 5) is 4.00. The zero-order valence-electron chi connectivity index (χ0n) is 9.69. The molecule has 0 radical (unpaired) electrons. The average Bonchev–Trinajstić information content (AvgIpc) is 2.33. The SMILES string of the molecule is O=[S@@](Cc1ccc(Cl)nc1)C[C@@H]1CCCNC1. The number of piperidine rings is 1. The lowest BCUT2D eigenvalue weighted by molar-refractivity contribution is 0.408. The minimum atomic E-state index is -0.798. The molecule has 0 unspecified atom stereocenters. The van der Waals surface area contributed by atoms with Crippen molar-refractivity contribution in [3.05, 3.63) is 29.0 Å². The molecule has 3 nitrogen and oxygen atoms in total. The summed E-state index contributed by atoms with van der Waals surface area (Å²) in [7, 11) is -0.798. The monoisotopic (exact) mass is 272 g/mol. The van der Waals surface area contributed by atoms with Crippen molar-refractivity contribution in [2.45, 2.75) is 18.6 Å². The Morgan fingerprint density at radius 1 is 1.53 bits per heavy atom. The van der Waals surface area contributed by atoms with Crippen molar-refractivity contribution in [2.24, 2.45) is 5.92 Å². The van der Waals surface area contributed by atoms with Gasteiger partial charge in [-0.25, -0.2) is 4.98 Å². The van der Waals surface area contributed by atoms with Crippen molar-refractivity contribution < 1.29 is 4.21 Å². The van der Waals surface area contributed by atoms with Gasteiger partial charge >= 0.3 is 0 Å². The number of hydrogen-bond acceptors (Lipinski definition) is 3. The van der Waals surface area contributed by atoms with E-state index in [-0.39, 0.29) is 0 Å². The Kier molecular flexibility index (Phi) is 4.95. The van der Waals surface area contributed by atoms with Gasteiger partial charge < -0.3 is 5.32 Å². The summed E-state index contributed by atoms with van der Waals surface area (Å²) in [6.07, 6.45) is 4.10. The van der Waals surface area contributed by atoms with Crippen molar-refractivity contribution in [2.75, 3.05) is 18.8 Å². The molecule has 2 heterocycles.